The second-order valence-electron chi connectivity index (χ2n) is 3.62. The maximum atomic E-state index is 11.5. The first-order chi connectivity index (χ1) is 9.24. The van der Waals surface area contributed by atoms with E-state index in [9.17, 15) is 4.79 Å². The SMILES string of the molecule is O=C(N/N=C\c1ccncc1)Nc1cccc(Cl)c1. The van der Waals surface area contributed by atoms with Gasteiger partial charge in [0.1, 0.15) is 0 Å². The van der Waals surface area contributed by atoms with Crippen LogP contribution in [0.2, 0.25) is 5.02 Å². The molecule has 0 atom stereocenters. The van der Waals surface area contributed by atoms with E-state index in [1.807, 2.05) is 0 Å². The smallest absolute Gasteiger partial charge is 0.306 e. The topological polar surface area (TPSA) is 66.4 Å². The van der Waals surface area contributed by atoms with E-state index in [4.69, 9.17) is 11.6 Å². The van der Waals surface area contributed by atoms with Crippen molar-refractivity contribution in [3.8, 4) is 0 Å². The molecule has 0 fully saturated rings. The molecule has 5 nitrogen and oxygen atoms in total. The maximum Gasteiger partial charge on any atom is 0.339 e. The maximum absolute atomic E-state index is 11.5. The number of urea groups is 1. The molecule has 1 heterocycles. The minimum Gasteiger partial charge on any atom is -0.306 e. The molecule has 2 rings (SSSR count). The molecule has 0 aliphatic rings. The number of nitrogens with zero attached hydrogens (tertiary/aromatic N) is 2. The van der Waals surface area contributed by atoms with Crippen LogP contribution in [-0.2, 0) is 0 Å². The van der Waals surface area contributed by atoms with Gasteiger partial charge in [-0.1, -0.05) is 17.7 Å². The van der Waals surface area contributed by atoms with Gasteiger partial charge in [-0.2, -0.15) is 5.10 Å². The number of nitrogens with one attached hydrogen (secondary N) is 2. The van der Waals surface area contributed by atoms with Crippen LogP contribution < -0.4 is 10.7 Å². The summed E-state index contributed by atoms with van der Waals surface area (Å²) in [5.41, 5.74) is 3.80. The lowest BCUT2D eigenvalue weighted by atomic mass is 10.3. The number of amides is 2. The molecule has 0 spiro atoms. The van der Waals surface area contributed by atoms with E-state index < -0.39 is 6.03 Å². The van der Waals surface area contributed by atoms with Crippen molar-refractivity contribution in [3.63, 3.8) is 0 Å². The van der Waals surface area contributed by atoms with Gasteiger partial charge >= 0.3 is 6.03 Å². The van der Waals surface area contributed by atoms with Crippen LogP contribution in [-0.4, -0.2) is 17.2 Å². The summed E-state index contributed by atoms with van der Waals surface area (Å²) in [6.07, 6.45) is 4.82. The molecule has 2 amide bonds. The summed E-state index contributed by atoms with van der Waals surface area (Å²) in [7, 11) is 0. The van der Waals surface area contributed by atoms with Crippen molar-refractivity contribution in [2.75, 3.05) is 5.32 Å². The summed E-state index contributed by atoms with van der Waals surface area (Å²) in [5, 5.41) is 6.97. The molecule has 0 saturated carbocycles. The Balaban J connectivity index is 1.87. The highest BCUT2D eigenvalue weighted by molar-refractivity contribution is 6.30. The molecule has 2 aromatic rings. The quantitative estimate of drug-likeness (QED) is 0.667. The third-order valence-corrected chi connectivity index (χ3v) is 2.40. The first-order valence-corrected chi connectivity index (χ1v) is 5.87. The molecule has 2 N–H and O–H groups in total. The van der Waals surface area contributed by atoms with Gasteiger partial charge in [-0.05, 0) is 35.9 Å². The lowest BCUT2D eigenvalue weighted by Gasteiger charge is -2.03. The Morgan fingerprint density at radius 1 is 1.26 bits per heavy atom. The third-order valence-electron chi connectivity index (χ3n) is 2.17. The van der Waals surface area contributed by atoms with Gasteiger partial charge in [0.15, 0.2) is 0 Å². The number of carbonyl (C=O) groups excluding carboxylic acids is 1. The fourth-order valence-electron chi connectivity index (χ4n) is 1.34. The van der Waals surface area contributed by atoms with Gasteiger partial charge in [0.2, 0.25) is 0 Å². The highest BCUT2D eigenvalue weighted by atomic mass is 35.5. The number of aromatic nitrogens is 1. The fraction of sp³-hybridized carbons (Fsp3) is 0. The molecule has 0 bridgehead atoms. The number of hydrogen-bond donors (Lipinski definition) is 2. The molecule has 0 unspecified atom stereocenters. The van der Waals surface area contributed by atoms with Crippen molar-refractivity contribution >= 4 is 29.5 Å². The Morgan fingerprint density at radius 3 is 2.79 bits per heavy atom. The molecule has 6 heteroatoms. The van der Waals surface area contributed by atoms with Gasteiger partial charge < -0.3 is 5.32 Å². The Morgan fingerprint density at radius 2 is 2.05 bits per heavy atom. The van der Waals surface area contributed by atoms with Crippen LogP contribution in [0.1, 0.15) is 5.56 Å². The molecule has 0 aliphatic heterocycles. The van der Waals surface area contributed by atoms with Gasteiger partial charge in [-0.25, -0.2) is 10.2 Å². The monoisotopic (exact) mass is 274 g/mol. The van der Waals surface area contributed by atoms with Crippen LogP contribution >= 0.6 is 11.6 Å². The van der Waals surface area contributed by atoms with Crippen molar-refractivity contribution in [1.29, 1.82) is 0 Å². The molecule has 0 radical (unpaired) electrons. The van der Waals surface area contributed by atoms with Gasteiger partial charge in [0.25, 0.3) is 0 Å². The van der Waals surface area contributed by atoms with Crippen molar-refractivity contribution in [3.05, 3.63) is 59.4 Å². The number of hydrogen-bond acceptors (Lipinski definition) is 3. The van der Waals surface area contributed by atoms with E-state index in [0.717, 1.165) is 5.56 Å². The zero-order chi connectivity index (χ0) is 13.5. The Bertz CT molecular complexity index is 586. The van der Waals surface area contributed by atoms with E-state index in [0.29, 0.717) is 10.7 Å². The van der Waals surface area contributed by atoms with Crippen LogP contribution in [0.5, 0.6) is 0 Å². The standard InChI is InChI=1S/C13H11ClN4O/c14-11-2-1-3-12(8-11)17-13(19)18-16-9-10-4-6-15-7-5-10/h1-9H,(H2,17,18,19)/b16-9-. The Labute approximate surface area is 115 Å². The van der Waals surface area contributed by atoms with E-state index in [1.165, 1.54) is 6.21 Å². The molecule has 1 aromatic carbocycles. The van der Waals surface area contributed by atoms with Crippen LogP contribution in [0.4, 0.5) is 10.5 Å². The van der Waals surface area contributed by atoms with Gasteiger partial charge in [-0.15, -0.1) is 0 Å². The number of rotatable bonds is 3. The van der Waals surface area contributed by atoms with E-state index >= 15 is 0 Å². The lowest BCUT2D eigenvalue weighted by molar-refractivity contribution is 0.252. The summed E-state index contributed by atoms with van der Waals surface area (Å²) in [6, 6.07) is 9.98. The molecular weight excluding hydrogens is 264 g/mol. The number of anilines is 1. The van der Waals surface area contributed by atoms with Crippen molar-refractivity contribution in [1.82, 2.24) is 10.4 Å². The molecule has 96 valence electrons. The van der Waals surface area contributed by atoms with Gasteiger partial charge in [-0.3, -0.25) is 4.98 Å². The molecule has 1 aromatic heterocycles. The predicted octanol–water partition coefficient (Wildman–Crippen LogP) is 2.89. The Hall–Kier alpha value is -2.40. The minimum atomic E-state index is -0.437. The zero-order valence-corrected chi connectivity index (χ0v) is 10.6. The van der Waals surface area contributed by atoms with E-state index in [2.05, 4.69) is 20.8 Å². The van der Waals surface area contributed by atoms with Crippen molar-refractivity contribution in [2.45, 2.75) is 0 Å². The summed E-state index contributed by atoms with van der Waals surface area (Å²) in [4.78, 5) is 15.4. The van der Waals surface area contributed by atoms with Crippen LogP contribution in [0.25, 0.3) is 0 Å². The first-order valence-electron chi connectivity index (χ1n) is 5.50. The van der Waals surface area contributed by atoms with Gasteiger partial charge in [0, 0.05) is 23.1 Å². The molecular formula is C13H11ClN4O. The lowest BCUT2D eigenvalue weighted by Crippen LogP contribution is -2.24. The normalized spacial score (nSPS) is 10.4. The number of pyridine rings is 1. The number of benzene rings is 1. The summed E-state index contributed by atoms with van der Waals surface area (Å²) >= 11 is 5.81. The number of halogens is 1. The van der Waals surface area contributed by atoms with E-state index in [1.54, 1.807) is 48.8 Å². The Kier molecular flexibility index (Phi) is 4.47. The zero-order valence-electron chi connectivity index (χ0n) is 9.88. The second kappa shape index (κ2) is 6.51. The molecule has 0 aliphatic carbocycles. The summed E-state index contributed by atoms with van der Waals surface area (Å²) in [5.74, 6) is 0. The number of hydrazone groups is 1. The number of carbonyl (C=O) groups is 1. The van der Waals surface area contributed by atoms with Gasteiger partial charge in [0.05, 0.1) is 6.21 Å². The highest BCUT2D eigenvalue weighted by Gasteiger charge is 1.99. The highest BCUT2D eigenvalue weighted by Crippen LogP contribution is 2.14. The van der Waals surface area contributed by atoms with Crippen molar-refractivity contribution in [2.24, 2.45) is 5.10 Å². The second-order valence-corrected chi connectivity index (χ2v) is 4.05. The summed E-state index contributed by atoms with van der Waals surface area (Å²) in [6.45, 7) is 0. The third kappa shape index (κ3) is 4.40. The van der Waals surface area contributed by atoms with E-state index in [-0.39, 0.29) is 0 Å². The fourth-order valence-corrected chi connectivity index (χ4v) is 1.53. The largest absolute Gasteiger partial charge is 0.339 e. The van der Waals surface area contributed by atoms with Crippen LogP contribution in [0, 0.1) is 0 Å². The minimum absolute atomic E-state index is 0.437. The molecule has 0 saturated heterocycles. The van der Waals surface area contributed by atoms with Crippen molar-refractivity contribution < 1.29 is 4.79 Å². The van der Waals surface area contributed by atoms with Crippen LogP contribution in [0.3, 0.4) is 0 Å². The average molecular weight is 275 g/mol. The van der Waals surface area contributed by atoms with Crippen LogP contribution in [0.15, 0.2) is 53.9 Å². The average Bonchev–Trinajstić information content (AvgIpc) is 2.40. The predicted molar refractivity (Wildman–Crippen MR) is 75.4 cm³/mol. The summed E-state index contributed by atoms with van der Waals surface area (Å²) < 4.78 is 0. The first kappa shape index (κ1) is 13.0. The molecule has 19 heavy (non-hydrogen) atoms.